The van der Waals surface area contributed by atoms with Gasteiger partial charge in [0, 0.05) is 28.9 Å². The van der Waals surface area contributed by atoms with Crippen molar-refractivity contribution in [3.05, 3.63) is 63.6 Å². The van der Waals surface area contributed by atoms with Crippen molar-refractivity contribution < 1.29 is 14.3 Å². The first-order valence-electron chi connectivity index (χ1n) is 10.6. The first kappa shape index (κ1) is 26.4. The van der Waals surface area contributed by atoms with E-state index in [4.69, 9.17) is 27.9 Å². The summed E-state index contributed by atoms with van der Waals surface area (Å²) in [5.41, 5.74) is 1.83. The summed E-state index contributed by atoms with van der Waals surface area (Å²) < 4.78 is 5.31. The van der Waals surface area contributed by atoms with E-state index in [2.05, 4.69) is 5.32 Å². The molecule has 0 aromatic heterocycles. The highest BCUT2D eigenvalue weighted by Crippen LogP contribution is 2.25. The van der Waals surface area contributed by atoms with Gasteiger partial charge in [0.15, 0.2) is 0 Å². The van der Waals surface area contributed by atoms with Gasteiger partial charge >= 0.3 is 0 Å². The van der Waals surface area contributed by atoms with Crippen LogP contribution in [0.3, 0.4) is 0 Å². The normalized spacial score (nSPS) is 11.7. The molecule has 2 amide bonds. The Morgan fingerprint density at radius 1 is 1.16 bits per heavy atom. The van der Waals surface area contributed by atoms with Gasteiger partial charge in [-0.05, 0) is 48.2 Å². The second kappa shape index (κ2) is 13.6. The third kappa shape index (κ3) is 7.91. The summed E-state index contributed by atoms with van der Waals surface area (Å²) in [7, 11) is 1.60. The first-order chi connectivity index (χ1) is 15.4. The van der Waals surface area contributed by atoms with E-state index in [0.29, 0.717) is 41.1 Å². The van der Waals surface area contributed by atoms with Crippen LogP contribution in [-0.2, 0) is 21.9 Å². The summed E-state index contributed by atoms with van der Waals surface area (Å²) in [6, 6.07) is 12.4. The molecule has 2 rings (SSSR count). The zero-order valence-corrected chi connectivity index (χ0v) is 21.0. The molecule has 0 bridgehead atoms. The highest BCUT2D eigenvalue weighted by Gasteiger charge is 2.28. The van der Waals surface area contributed by atoms with Gasteiger partial charge in [0.05, 0.1) is 12.9 Å². The lowest BCUT2D eigenvalue weighted by atomic mass is 10.1. The van der Waals surface area contributed by atoms with Gasteiger partial charge in [0.25, 0.3) is 0 Å². The lowest BCUT2D eigenvalue weighted by Gasteiger charge is -2.30. The van der Waals surface area contributed by atoms with E-state index in [0.717, 1.165) is 17.5 Å². The van der Waals surface area contributed by atoms with E-state index in [1.165, 1.54) is 11.8 Å². The van der Waals surface area contributed by atoms with Gasteiger partial charge in [0.1, 0.15) is 11.8 Å². The van der Waals surface area contributed by atoms with Crippen molar-refractivity contribution in [1.82, 2.24) is 10.2 Å². The van der Waals surface area contributed by atoms with Crippen molar-refractivity contribution in [2.45, 2.75) is 45.0 Å². The van der Waals surface area contributed by atoms with Crippen LogP contribution >= 0.6 is 35.0 Å². The molecule has 0 aliphatic rings. The molecule has 8 heteroatoms. The maximum atomic E-state index is 13.2. The number of halogens is 2. The van der Waals surface area contributed by atoms with Crippen LogP contribution in [0.5, 0.6) is 5.75 Å². The van der Waals surface area contributed by atoms with Crippen molar-refractivity contribution >= 4 is 46.8 Å². The molecule has 0 aliphatic carbocycles. The second-order valence-electron chi connectivity index (χ2n) is 7.32. The monoisotopic (exact) mass is 496 g/mol. The van der Waals surface area contributed by atoms with Gasteiger partial charge in [-0.15, -0.1) is 11.8 Å². The summed E-state index contributed by atoms with van der Waals surface area (Å²) in [6.07, 6.45) is 1.36. The maximum absolute atomic E-state index is 13.2. The van der Waals surface area contributed by atoms with Crippen LogP contribution in [-0.4, -0.2) is 42.2 Å². The average molecular weight is 497 g/mol. The predicted molar refractivity (Wildman–Crippen MR) is 134 cm³/mol. The topological polar surface area (TPSA) is 58.6 Å². The number of benzene rings is 2. The van der Waals surface area contributed by atoms with E-state index in [1.807, 2.05) is 44.2 Å². The van der Waals surface area contributed by atoms with Crippen LogP contribution in [0.15, 0.2) is 42.5 Å². The number of thioether (sulfide) groups is 1. The minimum absolute atomic E-state index is 0.0959. The molecule has 0 saturated carbocycles. The predicted octanol–water partition coefficient (Wildman–Crippen LogP) is 5.57. The Balaban J connectivity index is 2.15. The standard InChI is InChI=1S/C24H30Cl2N2O3S/c1-4-11-27-24(30)22(5-2)28(14-17-7-6-8-20(12-17)31-3)23(29)16-32-15-18-9-10-19(25)13-21(18)26/h6-10,12-13,22H,4-5,11,14-16H2,1-3H3,(H,27,30)/t22-/m1/s1. The Kier molecular flexibility index (Phi) is 11.2. The molecule has 32 heavy (non-hydrogen) atoms. The number of carbonyl (C=O) groups is 2. The molecular formula is C24H30Cl2N2O3S. The number of nitrogens with zero attached hydrogens (tertiary/aromatic N) is 1. The molecule has 0 heterocycles. The average Bonchev–Trinajstić information content (AvgIpc) is 2.78. The summed E-state index contributed by atoms with van der Waals surface area (Å²) in [5, 5.41) is 4.08. The Bertz CT molecular complexity index is 911. The third-order valence-electron chi connectivity index (χ3n) is 4.92. The van der Waals surface area contributed by atoms with Crippen LogP contribution in [0.4, 0.5) is 0 Å². The fourth-order valence-corrected chi connectivity index (χ4v) is 4.69. The lowest BCUT2D eigenvalue weighted by molar-refractivity contribution is -0.139. The molecule has 2 aromatic carbocycles. The Labute approximate surface area is 204 Å². The summed E-state index contributed by atoms with van der Waals surface area (Å²) >= 11 is 13.7. The third-order valence-corrected chi connectivity index (χ3v) is 6.47. The van der Waals surface area contributed by atoms with Gasteiger partial charge in [-0.25, -0.2) is 0 Å². The largest absolute Gasteiger partial charge is 0.497 e. The molecule has 0 saturated heterocycles. The highest BCUT2D eigenvalue weighted by molar-refractivity contribution is 7.99. The molecule has 0 fully saturated rings. The van der Waals surface area contributed by atoms with Crippen LogP contribution < -0.4 is 10.1 Å². The van der Waals surface area contributed by atoms with Crippen LogP contribution in [0.2, 0.25) is 10.0 Å². The van der Waals surface area contributed by atoms with Crippen LogP contribution in [0, 0.1) is 0 Å². The molecule has 5 nitrogen and oxygen atoms in total. The van der Waals surface area contributed by atoms with E-state index < -0.39 is 6.04 Å². The number of methoxy groups -OCH3 is 1. The van der Waals surface area contributed by atoms with Crippen LogP contribution in [0.1, 0.15) is 37.8 Å². The highest BCUT2D eigenvalue weighted by atomic mass is 35.5. The molecule has 0 aliphatic heterocycles. The van der Waals surface area contributed by atoms with E-state index in [-0.39, 0.29) is 17.6 Å². The van der Waals surface area contributed by atoms with Gasteiger partial charge in [-0.3, -0.25) is 9.59 Å². The fraction of sp³-hybridized carbons (Fsp3) is 0.417. The number of hydrogen-bond acceptors (Lipinski definition) is 4. The first-order valence-corrected chi connectivity index (χ1v) is 12.5. The van der Waals surface area contributed by atoms with Crippen molar-refractivity contribution in [3.63, 3.8) is 0 Å². The second-order valence-corrected chi connectivity index (χ2v) is 9.15. The van der Waals surface area contributed by atoms with Gasteiger partial charge in [-0.2, -0.15) is 0 Å². The number of amides is 2. The number of ether oxygens (including phenoxy) is 1. The zero-order valence-electron chi connectivity index (χ0n) is 18.7. The Morgan fingerprint density at radius 2 is 1.94 bits per heavy atom. The maximum Gasteiger partial charge on any atom is 0.242 e. The van der Waals surface area contributed by atoms with Gasteiger partial charge < -0.3 is 15.0 Å². The minimum Gasteiger partial charge on any atom is -0.497 e. The number of carbonyl (C=O) groups excluding carboxylic acids is 2. The van der Waals surface area contributed by atoms with Gasteiger partial charge in [0.2, 0.25) is 11.8 Å². The lowest BCUT2D eigenvalue weighted by Crippen LogP contribution is -2.49. The molecule has 0 radical (unpaired) electrons. The minimum atomic E-state index is -0.542. The summed E-state index contributed by atoms with van der Waals surface area (Å²) in [5.74, 6) is 1.30. The zero-order chi connectivity index (χ0) is 23.5. The van der Waals surface area contributed by atoms with Crippen LogP contribution in [0.25, 0.3) is 0 Å². The number of rotatable bonds is 12. The fourth-order valence-electron chi connectivity index (χ4n) is 3.22. The van der Waals surface area contributed by atoms with Gasteiger partial charge in [-0.1, -0.05) is 55.2 Å². The smallest absolute Gasteiger partial charge is 0.242 e. The van der Waals surface area contributed by atoms with E-state index >= 15 is 0 Å². The summed E-state index contributed by atoms with van der Waals surface area (Å²) in [6.45, 7) is 4.83. The summed E-state index contributed by atoms with van der Waals surface area (Å²) in [4.78, 5) is 27.7. The number of nitrogens with one attached hydrogen (secondary N) is 1. The molecule has 0 spiro atoms. The molecule has 2 aromatic rings. The molecule has 174 valence electrons. The van der Waals surface area contributed by atoms with E-state index in [9.17, 15) is 9.59 Å². The molecule has 0 unspecified atom stereocenters. The molecule has 1 atom stereocenters. The molecular weight excluding hydrogens is 467 g/mol. The SMILES string of the molecule is CCCNC(=O)[C@@H](CC)N(Cc1cccc(OC)c1)C(=O)CSCc1ccc(Cl)cc1Cl. The van der Waals surface area contributed by atoms with E-state index in [1.54, 1.807) is 24.1 Å². The Morgan fingerprint density at radius 3 is 2.59 bits per heavy atom. The molecule has 1 N–H and O–H groups in total. The number of hydrogen-bond donors (Lipinski definition) is 1. The van der Waals surface area contributed by atoms with Crippen molar-refractivity contribution in [3.8, 4) is 5.75 Å². The van der Waals surface area contributed by atoms with Crippen molar-refractivity contribution in [2.24, 2.45) is 0 Å². The van der Waals surface area contributed by atoms with Crippen molar-refractivity contribution in [1.29, 1.82) is 0 Å². The van der Waals surface area contributed by atoms with Crippen molar-refractivity contribution in [2.75, 3.05) is 19.4 Å². The quantitative estimate of drug-likeness (QED) is 0.417. The Hall–Kier alpha value is -1.89.